The van der Waals surface area contributed by atoms with Gasteiger partial charge in [0.15, 0.2) is 0 Å². The minimum Gasteiger partial charge on any atom is -0.400 e. The number of amides is 2. The molecule has 2 aromatic carbocycles. The molecule has 0 saturated carbocycles. The van der Waals surface area contributed by atoms with Gasteiger partial charge in [0.25, 0.3) is 5.91 Å². The van der Waals surface area contributed by atoms with Crippen molar-refractivity contribution in [2.24, 2.45) is 10.9 Å². The number of hydrogen-bond donors (Lipinski definition) is 5. The van der Waals surface area contributed by atoms with Crippen LogP contribution in [-0.4, -0.2) is 51.0 Å². The minimum absolute atomic E-state index is 0.157. The molecule has 4 rings (SSSR count). The number of aliphatic imine (C=N–C) groups is 1. The molecule has 11 nitrogen and oxygen atoms in total. The SMILES string of the molecule is C#CC(C)C(O)CC(C)n1ccc(NC(=O)CCC=NCc2ccc(C(=O)Nc3cc(-c4cccs4)ccc3N)cc2)nc1=O.CO. The van der Waals surface area contributed by atoms with Gasteiger partial charge in [0.1, 0.15) is 5.82 Å². The number of carbonyl (C=O) groups excluding carboxylic acids is 2. The molecular weight excluding hydrogens is 616 g/mol. The third-order valence-electron chi connectivity index (χ3n) is 7.22. The van der Waals surface area contributed by atoms with E-state index in [0.717, 1.165) is 23.1 Å². The Morgan fingerprint density at radius 2 is 1.87 bits per heavy atom. The lowest BCUT2D eigenvalue weighted by Gasteiger charge is -2.20. The fourth-order valence-corrected chi connectivity index (χ4v) is 5.20. The van der Waals surface area contributed by atoms with Gasteiger partial charge in [-0.2, -0.15) is 4.98 Å². The van der Waals surface area contributed by atoms with E-state index in [4.69, 9.17) is 17.3 Å². The molecule has 6 N–H and O–H groups in total. The zero-order valence-electron chi connectivity index (χ0n) is 26.6. The molecule has 47 heavy (non-hydrogen) atoms. The van der Waals surface area contributed by atoms with Crippen molar-refractivity contribution in [3.63, 3.8) is 0 Å². The van der Waals surface area contributed by atoms with Gasteiger partial charge in [0.2, 0.25) is 5.91 Å². The van der Waals surface area contributed by atoms with Crippen molar-refractivity contribution in [3.8, 4) is 22.8 Å². The van der Waals surface area contributed by atoms with Gasteiger partial charge in [-0.05, 0) is 85.8 Å². The number of aliphatic hydroxyl groups excluding tert-OH is 2. The van der Waals surface area contributed by atoms with Crippen LogP contribution in [0.1, 0.15) is 55.1 Å². The van der Waals surface area contributed by atoms with Crippen LogP contribution in [0, 0.1) is 18.3 Å². The molecule has 0 radical (unpaired) electrons. The number of benzene rings is 2. The topological polar surface area (TPSA) is 172 Å². The highest BCUT2D eigenvalue weighted by atomic mass is 32.1. The zero-order chi connectivity index (χ0) is 34.3. The number of nitrogens with zero attached hydrogens (tertiary/aromatic N) is 3. The maximum atomic E-state index is 12.8. The van der Waals surface area contributed by atoms with Gasteiger partial charge >= 0.3 is 5.69 Å². The maximum Gasteiger partial charge on any atom is 0.349 e. The molecule has 3 unspecified atom stereocenters. The molecule has 0 spiro atoms. The molecule has 0 bridgehead atoms. The van der Waals surface area contributed by atoms with Gasteiger partial charge in [0, 0.05) is 42.1 Å². The highest BCUT2D eigenvalue weighted by Gasteiger charge is 2.18. The summed E-state index contributed by atoms with van der Waals surface area (Å²) >= 11 is 1.61. The number of terminal acetylenes is 1. The Balaban J connectivity index is 0.00000294. The molecule has 4 aromatic rings. The number of rotatable bonds is 13. The van der Waals surface area contributed by atoms with Crippen LogP contribution in [0.4, 0.5) is 17.2 Å². The van der Waals surface area contributed by atoms with E-state index in [2.05, 4.69) is 26.5 Å². The van der Waals surface area contributed by atoms with Crippen LogP contribution in [0.2, 0.25) is 0 Å². The second-order valence-corrected chi connectivity index (χ2v) is 11.6. The van der Waals surface area contributed by atoms with Crippen LogP contribution < -0.4 is 22.1 Å². The average Bonchev–Trinajstić information content (AvgIpc) is 3.61. The highest BCUT2D eigenvalue weighted by molar-refractivity contribution is 7.13. The van der Waals surface area contributed by atoms with E-state index in [1.165, 1.54) is 4.57 Å². The van der Waals surface area contributed by atoms with Gasteiger partial charge in [-0.3, -0.25) is 19.1 Å². The summed E-state index contributed by atoms with van der Waals surface area (Å²) in [6.07, 6.45) is 8.69. The molecule has 0 saturated heterocycles. The smallest absolute Gasteiger partial charge is 0.349 e. The number of thiophene rings is 1. The summed E-state index contributed by atoms with van der Waals surface area (Å²) in [5, 5.41) is 24.7. The number of carbonyl (C=O) groups is 2. The summed E-state index contributed by atoms with van der Waals surface area (Å²) in [5.74, 6) is 1.76. The van der Waals surface area contributed by atoms with Crippen LogP contribution in [0.25, 0.3) is 10.4 Å². The molecule has 0 fully saturated rings. The molecule has 0 aliphatic heterocycles. The molecule has 12 heteroatoms. The van der Waals surface area contributed by atoms with E-state index in [9.17, 15) is 19.5 Å². The van der Waals surface area contributed by atoms with E-state index in [-0.39, 0.29) is 36.0 Å². The van der Waals surface area contributed by atoms with Gasteiger partial charge in [-0.15, -0.1) is 23.7 Å². The minimum atomic E-state index is -0.741. The second kappa shape index (κ2) is 18.2. The second-order valence-electron chi connectivity index (χ2n) is 10.7. The van der Waals surface area contributed by atoms with E-state index >= 15 is 0 Å². The Morgan fingerprint density at radius 3 is 2.53 bits per heavy atom. The van der Waals surface area contributed by atoms with E-state index in [0.29, 0.717) is 36.3 Å². The molecular formula is C35H40N6O5S. The van der Waals surface area contributed by atoms with Gasteiger partial charge < -0.3 is 26.6 Å². The summed E-state index contributed by atoms with van der Waals surface area (Å²) in [6.45, 7) is 3.93. The van der Waals surface area contributed by atoms with Crippen molar-refractivity contribution >= 4 is 46.6 Å². The van der Waals surface area contributed by atoms with Gasteiger partial charge in [-0.1, -0.05) is 24.3 Å². The lowest BCUT2D eigenvalue weighted by molar-refractivity contribution is -0.116. The standard InChI is InChI=1S/C34H36N6O4S.CH4O/c1-4-22(2)29(41)19-23(3)40-17-15-31(39-34(40)44)38-32(42)8-5-16-36-21-24-9-11-25(12-10-24)33(43)37-28-20-26(13-14-27(28)35)30-7-6-18-45-30;1-2/h1,6-7,9-18,20,22-23,29,41H,5,8,19,21,35H2,2-3H3,(H,37,43)(H,38,39,42,44);2H,1H3. The Labute approximate surface area is 278 Å². The predicted octanol–water partition coefficient (Wildman–Crippen LogP) is 4.99. The fraction of sp³-hybridized carbons (Fsp3) is 0.286. The number of aliphatic hydroxyl groups is 2. The molecule has 0 aliphatic carbocycles. The number of nitrogen functional groups attached to an aromatic ring is 1. The molecule has 2 aromatic heterocycles. The van der Waals surface area contributed by atoms with Crippen molar-refractivity contribution in [2.75, 3.05) is 23.5 Å². The number of hydrogen-bond acceptors (Lipinski definition) is 9. The summed E-state index contributed by atoms with van der Waals surface area (Å²) in [6, 6.07) is 17.9. The largest absolute Gasteiger partial charge is 0.400 e. The number of anilines is 3. The summed E-state index contributed by atoms with van der Waals surface area (Å²) in [4.78, 5) is 47.0. The lowest BCUT2D eigenvalue weighted by atomic mass is 9.99. The maximum absolute atomic E-state index is 12.8. The predicted molar refractivity (Wildman–Crippen MR) is 189 cm³/mol. The summed E-state index contributed by atoms with van der Waals surface area (Å²) < 4.78 is 1.40. The summed E-state index contributed by atoms with van der Waals surface area (Å²) in [7, 11) is 1.00. The Kier molecular flexibility index (Phi) is 14.1. The molecule has 246 valence electrons. The summed E-state index contributed by atoms with van der Waals surface area (Å²) in [5.41, 5.74) is 8.99. The number of nitrogens with two attached hydrogens (primary N) is 1. The first-order valence-corrected chi connectivity index (χ1v) is 15.8. The van der Waals surface area contributed by atoms with Gasteiger partial charge in [0.05, 0.1) is 24.0 Å². The first-order chi connectivity index (χ1) is 22.6. The number of aromatic nitrogens is 2. The lowest BCUT2D eigenvalue weighted by Crippen LogP contribution is -2.30. The van der Waals surface area contributed by atoms with Crippen molar-refractivity contribution < 1.29 is 19.8 Å². The van der Waals surface area contributed by atoms with Crippen molar-refractivity contribution in [3.05, 3.63) is 93.9 Å². The van der Waals surface area contributed by atoms with Crippen LogP contribution in [0.15, 0.2) is 82.0 Å². The Hall–Kier alpha value is -5.09. The van der Waals surface area contributed by atoms with E-state index in [1.54, 1.807) is 61.9 Å². The average molecular weight is 657 g/mol. The molecule has 0 aliphatic rings. The van der Waals surface area contributed by atoms with Crippen LogP contribution in [-0.2, 0) is 11.3 Å². The van der Waals surface area contributed by atoms with Crippen LogP contribution in [0.3, 0.4) is 0 Å². The van der Waals surface area contributed by atoms with E-state index < -0.39 is 11.8 Å². The molecule has 2 amide bonds. The molecule has 2 heterocycles. The Morgan fingerprint density at radius 1 is 1.13 bits per heavy atom. The highest BCUT2D eigenvalue weighted by Crippen LogP contribution is 2.30. The van der Waals surface area contributed by atoms with E-state index in [1.807, 2.05) is 41.8 Å². The normalized spacial score (nSPS) is 12.7. The van der Waals surface area contributed by atoms with Crippen molar-refractivity contribution in [1.29, 1.82) is 0 Å². The van der Waals surface area contributed by atoms with Crippen molar-refractivity contribution in [2.45, 2.75) is 51.8 Å². The molecule has 3 atom stereocenters. The van der Waals surface area contributed by atoms with Crippen molar-refractivity contribution in [1.82, 2.24) is 9.55 Å². The first-order valence-electron chi connectivity index (χ1n) is 14.9. The Bertz CT molecular complexity index is 1750. The zero-order valence-corrected chi connectivity index (χ0v) is 27.4. The van der Waals surface area contributed by atoms with Gasteiger partial charge in [-0.25, -0.2) is 4.79 Å². The number of nitrogens with one attached hydrogen (secondary N) is 2. The quantitative estimate of drug-likeness (QED) is 0.0767. The third kappa shape index (κ3) is 10.7. The fourth-order valence-electron chi connectivity index (χ4n) is 4.47. The first kappa shape index (κ1) is 36.4. The third-order valence-corrected chi connectivity index (χ3v) is 8.14. The van der Waals surface area contributed by atoms with Crippen LogP contribution >= 0.6 is 11.3 Å². The monoisotopic (exact) mass is 656 g/mol. The van der Waals surface area contributed by atoms with Crippen LogP contribution in [0.5, 0.6) is 0 Å².